The lowest BCUT2D eigenvalue weighted by Crippen LogP contribution is -2.33. The Morgan fingerprint density at radius 1 is 1.40 bits per heavy atom. The molecule has 1 aromatic rings. The van der Waals surface area contributed by atoms with E-state index in [4.69, 9.17) is 10.5 Å². The molecule has 1 heterocycles. The van der Waals surface area contributed by atoms with Crippen LogP contribution in [0.25, 0.3) is 0 Å². The molecule has 0 bridgehead atoms. The molecule has 0 radical (unpaired) electrons. The standard InChI is InChI=1S/C12H18N2O/c1-9(13)12(15-11-3-2-4-11)10-5-7-14-8-6-10/h5-9,11-12H,2-4,13H2,1H3. The van der Waals surface area contributed by atoms with Crippen molar-refractivity contribution in [2.75, 3.05) is 0 Å². The van der Waals surface area contributed by atoms with E-state index >= 15 is 0 Å². The molecule has 0 amide bonds. The van der Waals surface area contributed by atoms with Crippen molar-refractivity contribution in [3.05, 3.63) is 30.1 Å². The quantitative estimate of drug-likeness (QED) is 0.820. The molecule has 0 aliphatic heterocycles. The van der Waals surface area contributed by atoms with Crippen molar-refractivity contribution in [2.45, 2.75) is 44.4 Å². The first kappa shape index (κ1) is 10.6. The second-order valence-corrected chi connectivity index (χ2v) is 4.25. The third-order valence-corrected chi connectivity index (χ3v) is 2.90. The Morgan fingerprint density at radius 3 is 2.53 bits per heavy atom. The van der Waals surface area contributed by atoms with Gasteiger partial charge in [-0.2, -0.15) is 0 Å². The van der Waals surface area contributed by atoms with Gasteiger partial charge in [-0.25, -0.2) is 0 Å². The fourth-order valence-electron chi connectivity index (χ4n) is 1.77. The number of ether oxygens (including phenoxy) is 1. The highest BCUT2D eigenvalue weighted by Gasteiger charge is 2.25. The molecule has 2 atom stereocenters. The Hall–Kier alpha value is -0.930. The van der Waals surface area contributed by atoms with Gasteiger partial charge in [-0.15, -0.1) is 0 Å². The number of hydrogen-bond acceptors (Lipinski definition) is 3. The molecule has 2 N–H and O–H groups in total. The number of rotatable bonds is 4. The molecule has 0 saturated heterocycles. The van der Waals surface area contributed by atoms with Gasteiger partial charge in [0.25, 0.3) is 0 Å². The van der Waals surface area contributed by atoms with Gasteiger partial charge in [0, 0.05) is 18.4 Å². The van der Waals surface area contributed by atoms with Crippen molar-refractivity contribution >= 4 is 0 Å². The van der Waals surface area contributed by atoms with E-state index < -0.39 is 0 Å². The lowest BCUT2D eigenvalue weighted by molar-refractivity contribution is -0.0611. The van der Waals surface area contributed by atoms with Crippen molar-refractivity contribution in [3.63, 3.8) is 0 Å². The van der Waals surface area contributed by atoms with Crippen LogP contribution in [-0.4, -0.2) is 17.1 Å². The molecule has 82 valence electrons. The van der Waals surface area contributed by atoms with Crippen molar-refractivity contribution < 1.29 is 4.74 Å². The van der Waals surface area contributed by atoms with Crippen LogP contribution in [0.5, 0.6) is 0 Å². The Balaban J connectivity index is 2.05. The van der Waals surface area contributed by atoms with E-state index in [1.807, 2.05) is 19.1 Å². The third-order valence-electron chi connectivity index (χ3n) is 2.90. The smallest absolute Gasteiger partial charge is 0.0977 e. The average molecular weight is 206 g/mol. The van der Waals surface area contributed by atoms with Gasteiger partial charge in [0.05, 0.1) is 12.2 Å². The monoisotopic (exact) mass is 206 g/mol. The molecule has 15 heavy (non-hydrogen) atoms. The van der Waals surface area contributed by atoms with Crippen LogP contribution in [0.15, 0.2) is 24.5 Å². The molecule has 1 aromatic heterocycles. The van der Waals surface area contributed by atoms with E-state index in [2.05, 4.69) is 4.98 Å². The highest BCUT2D eigenvalue weighted by molar-refractivity contribution is 5.15. The fraction of sp³-hybridized carbons (Fsp3) is 0.583. The number of nitrogens with zero attached hydrogens (tertiary/aromatic N) is 1. The summed E-state index contributed by atoms with van der Waals surface area (Å²) < 4.78 is 5.98. The third kappa shape index (κ3) is 2.55. The summed E-state index contributed by atoms with van der Waals surface area (Å²) >= 11 is 0. The van der Waals surface area contributed by atoms with Crippen LogP contribution in [0, 0.1) is 0 Å². The van der Waals surface area contributed by atoms with Crippen molar-refractivity contribution in [2.24, 2.45) is 5.73 Å². The van der Waals surface area contributed by atoms with Gasteiger partial charge >= 0.3 is 0 Å². The molecule has 2 rings (SSSR count). The van der Waals surface area contributed by atoms with Gasteiger partial charge in [-0.1, -0.05) is 0 Å². The first-order valence-electron chi connectivity index (χ1n) is 5.58. The highest BCUT2D eigenvalue weighted by Crippen LogP contribution is 2.29. The lowest BCUT2D eigenvalue weighted by Gasteiger charge is -2.32. The summed E-state index contributed by atoms with van der Waals surface area (Å²) in [4.78, 5) is 4.00. The largest absolute Gasteiger partial charge is 0.369 e. The van der Waals surface area contributed by atoms with Crippen molar-refractivity contribution in [1.82, 2.24) is 4.98 Å². The molecule has 1 aliphatic carbocycles. The summed E-state index contributed by atoms with van der Waals surface area (Å²) in [6, 6.07) is 3.98. The molecule has 0 spiro atoms. The normalized spacial score (nSPS) is 20.7. The summed E-state index contributed by atoms with van der Waals surface area (Å²) in [5.74, 6) is 0. The second kappa shape index (κ2) is 4.73. The predicted molar refractivity (Wildman–Crippen MR) is 59.4 cm³/mol. The Labute approximate surface area is 90.7 Å². The topological polar surface area (TPSA) is 48.1 Å². The average Bonchev–Trinajstić information content (AvgIpc) is 2.17. The van der Waals surface area contributed by atoms with Crippen LogP contribution in [0.4, 0.5) is 0 Å². The van der Waals surface area contributed by atoms with E-state index in [9.17, 15) is 0 Å². The minimum atomic E-state index is 0.0123. The summed E-state index contributed by atoms with van der Waals surface area (Å²) in [7, 11) is 0. The molecule has 1 fully saturated rings. The van der Waals surface area contributed by atoms with Gasteiger partial charge in [0.1, 0.15) is 0 Å². The molecule has 3 heteroatoms. The van der Waals surface area contributed by atoms with Crippen molar-refractivity contribution in [3.8, 4) is 0 Å². The van der Waals surface area contributed by atoms with Gasteiger partial charge in [-0.3, -0.25) is 4.98 Å². The van der Waals surface area contributed by atoms with E-state index in [-0.39, 0.29) is 12.1 Å². The molecule has 2 unspecified atom stereocenters. The number of nitrogens with two attached hydrogens (primary N) is 1. The van der Waals surface area contributed by atoms with Gasteiger partial charge in [0.15, 0.2) is 0 Å². The summed E-state index contributed by atoms with van der Waals surface area (Å²) in [5, 5.41) is 0. The van der Waals surface area contributed by atoms with Crippen LogP contribution in [0.3, 0.4) is 0 Å². The molecular weight excluding hydrogens is 188 g/mol. The summed E-state index contributed by atoms with van der Waals surface area (Å²) in [5.41, 5.74) is 7.08. The lowest BCUT2D eigenvalue weighted by atomic mass is 9.95. The van der Waals surface area contributed by atoms with Gasteiger partial charge in [0.2, 0.25) is 0 Å². The maximum Gasteiger partial charge on any atom is 0.0977 e. The second-order valence-electron chi connectivity index (χ2n) is 4.25. The Kier molecular flexibility index (Phi) is 3.34. The summed E-state index contributed by atoms with van der Waals surface area (Å²) in [6.45, 7) is 1.99. The predicted octanol–water partition coefficient (Wildman–Crippen LogP) is 2.04. The van der Waals surface area contributed by atoms with Gasteiger partial charge in [-0.05, 0) is 43.9 Å². The van der Waals surface area contributed by atoms with Crippen LogP contribution in [0.2, 0.25) is 0 Å². The van der Waals surface area contributed by atoms with E-state index in [0.29, 0.717) is 6.10 Å². The number of aromatic nitrogens is 1. The van der Waals surface area contributed by atoms with Crippen molar-refractivity contribution in [1.29, 1.82) is 0 Å². The minimum Gasteiger partial charge on any atom is -0.369 e. The zero-order chi connectivity index (χ0) is 10.7. The molecule has 1 aliphatic rings. The first-order valence-corrected chi connectivity index (χ1v) is 5.58. The van der Waals surface area contributed by atoms with Crippen LogP contribution >= 0.6 is 0 Å². The zero-order valence-corrected chi connectivity index (χ0v) is 9.10. The SMILES string of the molecule is CC(N)C(OC1CCC1)c1ccncc1. The zero-order valence-electron chi connectivity index (χ0n) is 9.10. The maximum atomic E-state index is 5.98. The molecule has 1 saturated carbocycles. The Bertz CT molecular complexity index is 296. The van der Waals surface area contributed by atoms with E-state index in [1.165, 1.54) is 19.3 Å². The number of hydrogen-bond donors (Lipinski definition) is 1. The van der Waals surface area contributed by atoms with Gasteiger partial charge < -0.3 is 10.5 Å². The van der Waals surface area contributed by atoms with Crippen LogP contribution in [-0.2, 0) is 4.74 Å². The van der Waals surface area contributed by atoms with E-state index in [1.54, 1.807) is 12.4 Å². The van der Waals surface area contributed by atoms with E-state index in [0.717, 1.165) is 5.56 Å². The van der Waals surface area contributed by atoms with Crippen LogP contribution < -0.4 is 5.73 Å². The highest BCUT2D eigenvalue weighted by atomic mass is 16.5. The molecule has 3 nitrogen and oxygen atoms in total. The fourth-order valence-corrected chi connectivity index (χ4v) is 1.77. The molecular formula is C12H18N2O. The number of pyridine rings is 1. The summed E-state index contributed by atoms with van der Waals surface area (Å²) in [6.07, 6.45) is 7.63. The first-order chi connectivity index (χ1) is 7.27. The van der Waals surface area contributed by atoms with Crippen LogP contribution in [0.1, 0.15) is 37.9 Å². The molecule has 0 aromatic carbocycles. The minimum absolute atomic E-state index is 0.0123. The Morgan fingerprint density at radius 2 is 2.07 bits per heavy atom. The maximum absolute atomic E-state index is 5.98.